The maximum atomic E-state index is 12.3. The van der Waals surface area contributed by atoms with Gasteiger partial charge in [0.1, 0.15) is 6.10 Å². The van der Waals surface area contributed by atoms with Gasteiger partial charge in [-0.1, -0.05) is 154 Å². The highest BCUT2D eigenvalue weighted by molar-refractivity contribution is 5.80. The third-order valence-electron chi connectivity index (χ3n) is 7.10. The number of unbranched alkanes of at least 4 members (excludes halogenated alkanes) is 18. The Labute approximate surface area is 229 Å². The monoisotopic (exact) mass is 523 g/mol. The number of rotatable bonds is 27. The molecule has 5 nitrogen and oxygen atoms in total. The molecular weight excluding hydrogens is 462 g/mol. The molecule has 1 amide bonds. The van der Waals surface area contributed by atoms with Crippen LogP contribution in [0.3, 0.4) is 0 Å². The molecule has 0 fully saturated rings. The van der Waals surface area contributed by atoms with Crippen molar-refractivity contribution in [2.45, 2.75) is 167 Å². The van der Waals surface area contributed by atoms with Gasteiger partial charge in [0.25, 0.3) is 0 Å². The smallest absolute Gasteiger partial charge is 0.249 e. The third-order valence-corrected chi connectivity index (χ3v) is 7.10. The first kappa shape index (κ1) is 35.8. The molecule has 0 radical (unpaired) electrons. The summed E-state index contributed by atoms with van der Waals surface area (Å²) >= 11 is 0. The zero-order valence-corrected chi connectivity index (χ0v) is 24.3. The number of amides is 1. The molecule has 0 bridgehead atoms. The van der Waals surface area contributed by atoms with Gasteiger partial charge in [-0.2, -0.15) is 0 Å². The zero-order chi connectivity index (χ0) is 27.4. The van der Waals surface area contributed by atoms with Gasteiger partial charge >= 0.3 is 0 Å². The van der Waals surface area contributed by atoms with Crippen LogP contribution >= 0.6 is 0 Å². The van der Waals surface area contributed by atoms with Crippen molar-refractivity contribution in [3.8, 4) is 0 Å². The fourth-order valence-electron chi connectivity index (χ4n) is 4.53. The fourth-order valence-corrected chi connectivity index (χ4v) is 4.53. The summed E-state index contributed by atoms with van der Waals surface area (Å²) in [6.07, 6.45) is 30.5. The van der Waals surface area contributed by atoms with Crippen molar-refractivity contribution >= 4 is 5.91 Å². The molecule has 5 heteroatoms. The van der Waals surface area contributed by atoms with Crippen molar-refractivity contribution in [1.29, 1.82) is 0 Å². The number of hydrogen-bond donors (Lipinski definition) is 4. The Balaban J connectivity index is 3.83. The summed E-state index contributed by atoms with van der Waals surface area (Å²) in [6, 6.07) is -0.822. The molecule has 37 heavy (non-hydrogen) atoms. The topological polar surface area (TPSA) is 89.8 Å². The Kier molecular flexibility index (Phi) is 27.0. The summed E-state index contributed by atoms with van der Waals surface area (Å²) in [5.41, 5.74) is 0. The Hall–Kier alpha value is -1.17. The summed E-state index contributed by atoms with van der Waals surface area (Å²) in [7, 11) is 0. The van der Waals surface area contributed by atoms with E-state index in [0.29, 0.717) is 6.42 Å². The van der Waals surface area contributed by atoms with E-state index in [-0.39, 0.29) is 6.61 Å². The van der Waals surface area contributed by atoms with Crippen LogP contribution in [0.15, 0.2) is 24.3 Å². The first-order chi connectivity index (χ1) is 18.1. The molecule has 0 rings (SSSR count). The number of carbonyl (C=O) groups is 1. The van der Waals surface area contributed by atoms with E-state index in [1.807, 2.05) is 6.08 Å². The highest BCUT2D eigenvalue weighted by Crippen LogP contribution is 2.14. The van der Waals surface area contributed by atoms with Gasteiger partial charge in [-0.25, -0.2) is 0 Å². The van der Waals surface area contributed by atoms with Gasteiger partial charge < -0.3 is 20.6 Å². The first-order valence-corrected chi connectivity index (χ1v) is 15.7. The molecule has 0 aromatic carbocycles. The van der Waals surface area contributed by atoms with Crippen molar-refractivity contribution in [3.63, 3.8) is 0 Å². The molecule has 0 aliphatic rings. The molecule has 0 saturated heterocycles. The van der Waals surface area contributed by atoms with E-state index in [1.54, 1.807) is 12.2 Å². The molecule has 0 heterocycles. The van der Waals surface area contributed by atoms with Crippen molar-refractivity contribution in [2.24, 2.45) is 0 Å². The van der Waals surface area contributed by atoms with Gasteiger partial charge in [0.05, 0.1) is 18.8 Å². The summed E-state index contributed by atoms with van der Waals surface area (Å²) in [6.45, 7) is 4.08. The van der Waals surface area contributed by atoms with E-state index in [9.17, 15) is 20.1 Å². The summed E-state index contributed by atoms with van der Waals surface area (Å²) in [4.78, 5) is 12.3. The van der Waals surface area contributed by atoms with E-state index in [2.05, 4.69) is 25.2 Å². The highest BCUT2D eigenvalue weighted by atomic mass is 16.3. The number of allylic oxidation sites excluding steroid dienone is 3. The maximum absolute atomic E-state index is 12.3. The van der Waals surface area contributed by atoms with Gasteiger partial charge in [0.2, 0.25) is 5.91 Å². The lowest BCUT2D eigenvalue weighted by molar-refractivity contribution is -0.131. The Morgan fingerprint density at radius 1 is 0.676 bits per heavy atom. The number of carbonyl (C=O) groups excluding carboxylic acids is 1. The Bertz CT molecular complexity index is 549. The van der Waals surface area contributed by atoms with Crippen molar-refractivity contribution in [2.75, 3.05) is 6.61 Å². The van der Waals surface area contributed by atoms with Crippen LogP contribution in [0.1, 0.15) is 149 Å². The van der Waals surface area contributed by atoms with Crippen molar-refractivity contribution in [1.82, 2.24) is 5.32 Å². The maximum Gasteiger partial charge on any atom is 0.249 e. The predicted molar refractivity (Wildman–Crippen MR) is 158 cm³/mol. The Morgan fingerprint density at radius 2 is 1.14 bits per heavy atom. The van der Waals surface area contributed by atoms with Gasteiger partial charge in [0.15, 0.2) is 0 Å². The summed E-state index contributed by atoms with van der Waals surface area (Å²) < 4.78 is 0. The van der Waals surface area contributed by atoms with Crippen LogP contribution in [0.5, 0.6) is 0 Å². The molecule has 4 N–H and O–H groups in total. The van der Waals surface area contributed by atoms with Crippen LogP contribution in [-0.2, 0) is 4.79 Å². The largest absolute Gasteiger partial charge is 0.394 e. The molecule has 0 aliphatic carbocycles. The Morgan fingerprint density at radius 3 is 1.62 bits per heavy atom. The lowest BCUT2D eigenvalue weighted by Crippen LogP contribution is -2.48. The average molecular weight is 524 g/mol. The van der Waals surface area contributed by atoms with Crippen LogP contribution in [0.2, 0.25) is 0 Å². The molecule has 218 valence electrons. The SMILES string of the molecule is CCCCCCC/C=C/C=C/[C@@H](O)[C@H](CO)NC(=O)C(O)CCCCCCCCCCCCCCCC. The van der Waals surface area contributed by atoms with Crippen molar-refractivity contribution < 1.29 is 20.1 Å². The van der Waals surface area contributed by atoms with Gasteiger partial charge in [-0.3, -0.25) is 4.79 Å². The molecule has 0 saturated carbocycles. The predicted octanol–water partition coefficient (Wildman–Crippen LogP) is 7.53. The van der Waals surface area contributed by atoms with Crippen LogP contribution in [0, 0.1) is 0 Å². The van der Waals surface area contributed by atoms with Crippen molar-refractivity contribution in [3.05, 3.63) is 24.3 Å². The van der Waals surface area contributed by atoms with E-state index in [4.69, 9.17) is 0 Å². The minimum Gasteiger partial charge on any atom is -0.394 e. The van der Waals surface area contributed by atoms with Gasteiger partial charge in [-0.05, 0) is 19.3 Å². The quantitative estimate of drug-likeness (QED) is 0.0661. The minimum absolute atomic E-state index is 0.385. The molecule has 0 aliphatic heterocycles. The third kappa shape index (κ3) is 23.7. The fraction of sp³-hybridized carbons (Fsp3) is 0.844. The number of aliphatic hydroxyl groups is 3. The van der Waals surface area contributed by atoms with Gasteiger partial charge in [-0.15, -0.1) is 0 Å². The zero-order valence-electron chi connectivity index (χ0n) is 24.3. The van der Waals surface area contributed by atoms with E-state index in [1.165, 1.54) is 103 Å². The van der Waals surface area contributed by atoms with E-state index >= 15 is 0 Å². The molecule has 1 unspecified atom stereocenters. The summed E-state index contributed by atoms with van der Waals surface area (Å²) in [5.74, 6) is -0.524. The molecule has 0 aromatic rings. The number of aliphatic hydroxyl groups excluding tert-OH is 3. The second-order valence-corrected chi connectivity index (χ2v) is 10.7. The second kappa shape index (κ2) is 27.9. The first-order valence-electron chi connectivity index (χ1n) is 15.7. The number of hydrogen-bond acceptors (Lipinski definition) is 4. The van der Waals surface area contributed by atoms with Crippen LogP contribution in [0.25, 0.3) is 0 Å². The van der Waals surface area contributed by atoms with E-state index < -0.39 is 24.2 Å². The molecule has 0 aromatic heterocycles. The minimum atomic E-state index is -1.10. The normalized spacial score (nSPS) is 14.4. The molecule has 3 atom stereocenters. The lowest BCUT2D eigenvalue weighted by atomic mass is 10.0. The van der Waals surface area contributed by atoms with Crippen LogP contribution in [-0.4, -0.2) is 46.1 Å². The average Bonchev–Trinajstić information content (AvgIpc) is 2.90. The van der Waals surface area contributed by atoms with Crippen LogP contribution in [0.4, 0.5) is 0 Å². The summed E-state index contributed by atoms with van der Waals surface area (Å²) in [5, 5.41) is 32.6. The molecule has 0 spiro atoms. The second-order valence-electron chi connectivity index (χ2n) is 10.7. The standard InChI is InChI=1S/C32H61NO4/c1-3-5-7-9-11-13-14-15-16-17-19-21-23-25-27-31(36)32(37)33-29(28-34)30(35)26-24-22-20-18-12-10-8-6-4-2/h20,22,24,26,29-31,34-36H,3-19,21,23,25,27-28H2,1-2H3,(H,33,37)/b22-20+,26-24+/t29-,30+,31?/m0/s1. The van der Waals surface area contributed by atoms with Crippen LogP contribution < -0.4 is 5.32 Å². The van der Waals surface area contributed by atoms with E-state index in [0.717, 1.165) is 25.7 Å². The lowest BCUT2D eigenvalue weighted by Gasteiger charge is -2.21. The highest BCUT2D eigenvalue weighted by Gasteiger charge is 2.22. The molecular formula is C32H61NO4. The number of nitrogens with one attached hydrogen (secondary N) is 1. The van der Waals surface area contributed by atoms with Gasteiger partial charge in [0, 0.05) is 0 Å².